The molecule has 0 spiro atoms. The van der Waals surface area contributed by atoms with Crippen molar-refractivity contribution in [3.05, 3.63) is 36.0 Å². The van der Waals surface area contributed by atoms with Gasteiger partial charge in [-0.25, -0.2) is 0 Å². The molecule has 1 N–H and O–H groups in total. The highest BCUT2D eigenvalue weighted by Gasteiger charge is 2.25. The molecule has 0 radical (unpaired) electrons. The Balaban J connectivity index is 1.84. The average Bonchev–Trinajstić information content (AvgIpc) is 3.07. The SMILES string of the molecule is CCN(CC)C(=O)Cn1cc(C(=O)C(=O)NC2CCCCC2)c2ccccc21. The fourth-order valence-electron chi connectivity index (χ4n) is 4.00. The van der Waals surface area contributed by atoms with Crippen LogP contribution in [0.2, 0.25) is 0 Å². The molecule has 28 heavy (non-hydrogen) atoms. The van der Waals surface area contributed by atoms with Gasteiger partial charge in [-0.05, 0) is 32.8 Å². The van der Waals surface area contributed by atoms with Crippen LogP contribution in [0, 0.1) is 0 Å². The molecule has 6 nitrogen and oxygen atoms in total. The Labute approximate surface area is 165 Å². The topological polar surface area (TPSA) is 71.4 Å². The predicted molar refractivity (Wildman–Crippen MR) is 109 cm³/mol. The summed E-state index contributed by atoms with van der Waals surface area (Å²) in [5.74, 6) is -1.09. The summed E-state index contributed by atoms with van der Waals surface area (Å²) in [6.07, 6.45) is 6.87. The second-order valence-corrected chi connectivity index (χ2v) is 7.39. The number of aromatic nitrogens is 1. The molecule has 1 aliphatic rings. The van der Waals surface area contributed by atoms with Crippen molar-refractivity contribution in [1.29, 1.82) is 0 Å². The van der Waals surface area contributed by atoms with Gasteiger partial charge in [0.1, 0.15) is 6.54 Å². The van der Waals surface area contributed by atoms with E-state index < -0.39 is 11.7 Å². The van der Waals surface area contributed by atoms with Crippen molar-refractivity contribution >= 4 is 28.5 Å². The first-order valence-electron chi connectivity index (χ1n) is 10.3. The Morgan fingerprint density at radius 2 is 1.75 bits per heavy atom. The fraction of sp³-hybridized carbons (Fsp3) is 0.500. The number of para-hydroxylation sites is 1. The minimum absolute atomic E-state index is 0.00332. The van der Waals surface area contributed by atoms with Gasteiger partial charge in [0, 0.05) is 36.2 Å². The number of nitrogens with one attached hydrogen (secondary N) is 1. The second-order valence-electron chi connectivity index (χ2n) is 7.39. The number of amides is 2. The number of likely N-dealkylation sites (N-methyl/N-ethyl adjacent to an activating group) is 1. The van der Waals surface area contributed by atoms with E-state index in [1.165, 1.54) is 6.42 Å². The van der Waals surface area contributed by atoms with Crippen LogP contribution in [0.15, 0.2) is 30.5 Å². The molecule has 0 saturated heterocycles. The zero-order valence-corrected chi connectivity index (χ0v) is 16.7. The summed E-state index contributed by atoms with van der Waals surface area (Å²) in [5, 5.41) is 3.60. The lowest BCUT2D eigenvalue weighted by Gasteiger charge is -2.22. The van der Waals surface area contributed by atoms with E-state index >= 15 is 0 Å². The van der Waals surface area contributed by atoms with Crippen LogP contribution in [-0.4, -0.2) is 46.2 Å². The number of rotatable bonds is 7. The Morgan fingerprint density at radius 1 is 1.07 bits per heavy atom. The molecule has 2 amide bonds. The third-order valence-corrected chi connectivity index (χ3v) is 5.60. The Morgan fingerprint density at radius 3 is 2.43 bits per heavy atom. The average molecular weight is 383 g/mol. The van der Waals surface area contributed by atoms with Crippen molar-refractivity contribution in [2.24, 2.45) is 0 Å². The number of carbonyl (C=O) groups is 3. The fourth-order valence-corrected chi connectivity index (χ4v) is 4.00. The van der Waals surface area contributed by atoms with Gasteiger partial charge in [0.15, 0.2) is 0 Å². The van der Waals surface area contributed by atoms with E-state index in [4.69, 9.17) is 0 Å². The molecule has 1 heterocycles. The Kier molecular flexibility index (Phi) is 6.49. The molecule has 150 valence electrons. The van der Waals surface area contributed by atoms with Crippen molar-refractivity contribution in [1.82, 2.24) is 14.8 Å². The standard InChI is InChI=1S/C22H29N3O3/c1-3-24(4-2)20(26)15-25-14-18(17-12-8-9-13-19(17)25)21(27)22(28)23-16-10-6-5-7-11-16/h8-9,12-14,16H,3-7,10-11,15H2,1-2H3,(H,23,28). The van der Waals surface area contributed by atoms with E-state index in [2.05, 4.69) is 5.32 Å². The second kappa shape index (κ2) is 9.04. The lowest BCUT2D eigenvalue weighted by molar-refractivity contribution is -0.131. The lowest BCUT2D eigenvalue weighted by atomic mass is 9.95. The molecule has 0 bridgehead atoms. The highest BCUT2D eigenvalue weighted by atomic mass is 16.2. The van der Waals surface area contributed by atoms with Gasteiger partial charge in [-0.3, -0.25) is 14.4 Å². The summed E-state index contributed by atoms with van der Waals surface area (Å²) in [4.78, 5) is 39.7. The maximum Gasteiger partial charge on any atom is 0.292 e. The van der Waals surface area contributed by atoms with Gasteiger partial charge in [-0.2, -0.15) is 0 Å². The maximum absolute atomic E-state index is 12.9. The lowest BCUT2D eigenvalue weighted by Crippen LogP contribution is -2.40. The Bertz CT molecular complexity index is 861. The van der Waals surface area contributed by atoms with Gasteiger partial charge in [0.25, 0.3) is 11.7 Å². The first-order chi connectivity index (χ1) is 13.5. The van der Waals surface area contributed by atoms with Gasteiger partial charge in [-0.15, -0.1) is 0 Å². The van der Waals surface area contributed by atoms with Crippen molar-refractivity contribution in [3.8, 4) is 0 Å². The monoisotopic (exact) mass is 383 g/mol. The van der Waals surface area contributed by atoms with Crippen molar-refractivity contribution in [3.63, 3.8) is 0 Å². The molecule has 3 rings (SSSR count). The van der Waals surface area contributed by atoms with Crippen LogP contribution in [0.5, 0.6) is 0 Å². The molecule has 0 atom stereocenters. The molecule has 1 saturated carbocycles. The van der Waals surface area contributed by atoms with Crippen molar-refractivity contribution < 1.29 is 14.4 Å². The zero-order valence-electron chi connectivity index (χ0n) is 16.7. The molecule has 0 unspecified atom stereocenters. The zero-order chi connectivity index (χ0) is 20.1. The molecule has 0 aliphatic heterocycles. The van der Waals surface area contributed by atoms with Crippen LogP contribution in [0.3, 0.4) is 0 Å². The number of ketones is 1. The molecule has 1 aliphatic carbocycles. The number of Topliss-reactive ketones (excluding diaryl/α,β-unsaturated/α-hetero) is 1. The molecule has 1 fully saturated rings. The number of nitrogens with zero attached hydrogens (tertiary/aromatic N) is 2. The van der Waals surface area contributed by atoms with Gasteiger partial charge < -0.3 is 14.8 Å². The Hall–Kier alpha value is -2.63. The molecule has 1 aromatic carbocycles. The third kappa shape index (κ3) is 4.26. The number of hydrogen-bond donors (Lipinski definition) is 1. The third-order valence-electron chi connectivity index (χ3n) is 5.60. The summed E-state index contributed by atoms with van der Waals surface area (Å²) >= 11 is 0. The summed E-state index contributed by atoms with van der Waals surface area (Å²) in [6.45, 7) is 5.33. The van der Waals surface area contributed by atoms with Crippen molar-refractivity contribution in [2.45, 2.75) is 58.5 Å². The predicted octanol–water partition coefficient (Wildman–Crippen LogP) is 3.14. The van der Waals surface area contributed by atoms with Crippen LogP contribution < -0.4 is 5.32 Å². The minimum atomic E-state index is -0.551. The summed E-state index contributed by atoms with van der Waals surface area (Å²) in [6, 6.07) is 7.50. The van der Waals surface area contributed by atoms with Crippen LogP contribution in [-0.2, 0) is 16.1 Å². The van der Waals surface area contributed by atoms with Crippen LogP contribution in [0.25, 0.3) is 10.9 Å². The van der Waals surface area contributed by atoms with Crippen LogP contribution in [0.1, 0.15) is 56.3 Å². The summed E-state index contributed by atoms with van der Waals surface area (Å²) in [7, 11) is 0. The first-order valence-corrected chi connectivity index (χ1v) is 10.3. The van der Waals surface area contributed by atoms with Gasteiger partial charge in [0.05, 0.1) is 5.56 Å². The maximum atomic E-state index is 12.9. The van der Waals surface area contributed by atoms with E-state index in [0.717, 1.165) is 31.2 Å². The van der Waals surface area contributed by atoms with Gasteiger partial charge in [0.2, 0.25) is 5.91 Å². The van der Waals surface area contributed by atoms with E-state index in [1.54, 1.807) is 15.7 Å². The summed E-state index contributed by atoms with van der Waals surface area (Å²) in [5.41, 5.74) is 1.15. The smallest absolute Gasteiger partial charge is 0.292 e. The van der Waals surface area contributed by atoms with Crippen LogP contribution in [0.4, 0.5) is 0 Å². The van der Waals surface area contributed by atoms with Crippen LogP contribution >= 0.6 is 0 Å². The number of benzene rings is 1. The molecule has 2 aromatic rings. The van der Waals surface area contributed by atoms with E-state index in [9.17, 15) is 14.4 Å². The number of fused-ring (bicyclic) bond motifs is 1. The van der Waals surface area contributed by atoms with E-state index in [-0.39, 0.29) is 18.5 Å². The van der Waals surface area contributed by atoms with Gasteiger partial charge >= 0.3 is 0 Å². The van der Waals surface area contributed by atoms with Gasteiger partial charge in [-0.1, -0.05) is 37.5 Å². The molecule has 6 heteroatoms. The van der Waals surface area contributed by atoms with E-state index in [0.29, 0.717) is 24.0 Å². The quantitative estimate of drug-likeness (QED) is 0.590. The molecular formula is C22H29N3O3. The van der Waals surface area contributed by atoms with E-state index in [1.807, 2.05) is 38.1 Å². The molecular weight excluding hydrogens is 354 g/mol. The minimum Gasteiger partial charge on any atom is -0.346 e. The molecule has 1 aromatic heterocycles. The first kappa shape index (κ1) is 20.1. The number of hydrogen-bond acceptors (Lipinski definition) is 3. The van der Waals surface area contributed by atoms with Crippen molar-refractivity contribution in [2.75, 3.05) is 13.1 Å². The normalized spacial score (nSPS) is 14.8. The number of carbonyl (C=O) groups excluding carboxylic acids is 3. The summed E-state index contributed by atoms with van der Waals surface area (Å²) < 4.78 is 1.77. The largest absolute Gasteiger partial charge is 0.346 e. The highest BCUT2D eigenvalue weighted by Crippen LogP contribution is 2.23. The highest BCUT2D eigenvalue weighted by molar-refractivity contribution is 6.45.